The minimum Gasteiger partial charge on any atom is -0.312 e. The van der Waals surface area contributed by atoms with Crippen LogP contribution in [0.3, 0.4) is 0 Å². The fraction of sp³-hybridized carbons (Fsp3) is 0.467. The van der Waals surface area contributed by atoms with Gasteiger partial charge >= 0.3 is 0 Å². The van der Waals surface area contributed by atoms with Crippen LogP contribution in [0.2, 0.25) is 0 Å². The zero-order chi connectivity index (χ0) is 13.5. The Bertz CT molecular complexity index is 493. The molecule has 0 atom stereocenters. The van der Waals surface area contributed by atoms with E-state index in [1.54, 1.807) is 17.5 Å². The Labute approximate surface area is 119 Å². The molecule has 2 heterocycles. The van der Waals surface area contributed by atoms with Gasteiger partial charge in [0.1, 0.15) is 5.01 Å². The Morgan fingerprint density at radius 1 is 1.32 bits per heavy atom. The van der Waals surface area contributed by atoms with Gasteiger partial charge in [-0.1, -0.05) is 20.3 Å². The second-order valence-electron chi connectivity index (χ2n) is 4.51. The molecule has 0 spiro atoms. The first-order chi connectivity index (χ1) is 9.35. The molecule has 102 valence electrons. The quantitative estimate of drug-likeness (QED) is 0.784. The maximum Gasteiger partial charge on any atom is 0.125 e. The van der Waals surface area contributed by atoms with Crippen molar-refractivity contribution in [2.45, 2.75) is 39.7 Å². The highest BCUT2D eigenvalue weighted by Gasteiger charge is 2.10. The number of nitrogens with zero attached hydrogens (tertiary/aromatic N) is 2. The van der Waals surface area contributed by atoms with Crippen molar-refractivity contribution in [2.24, 2.45) is 0 Å². The summed E-state index contributed by atoms with van der Waals surface area (Å²) in [6.45, 7) is 6.39. The molecule has 0 aliphatic heterocycles. The highest BCUT2D eigenvalue weighted by molar-refractivity contribution is 7.15. The molecule has 0 unspecified atom stereocenters. The number of hydrogen-bond donors (Lipinski definition) is 1. The van der Waals surface area contributed by atoms with E-state index in [1.807, 2.05) is 12.3 Å². The SMILES string of the molecule is CCCCNCc1sc(-c2cccnc2)nc1CC. The van der Waals surface area contributed by atoms with Crippen LogP contribution in [0.15, 0.2) is 24.5 Å². The minimum atomic E-state index is 0.932. The van der Waals surface area contributed by atoms with E-state index in [0.717, 1.165) is 30.1 Å². The van der Waals surface area contributed by atoms with E-state index in [0.29, 0.717) is 0 Å². The smallest absolute Gasteiger partial charge is 0.125 e. The third-order valence-electron chi connectivity index (χ3n) is 3.01. The molecule has 3 nitrogen and oxygen atoms in total. The van der Waals surface area contributed by atoms with Crippen LogP contribution in [0.1, 0.15) is 37.3 Å². The predicted octanol–water partition coefficient (Wildman–Crippen LogP) is 3.66. The number of nitrogens with one attached hydrogen (secondary N) is 1. The summed E-state index contributed by atoms with van der Waals surface area (Å²) >= 11 is 1.78. The van der Waals surface area contributed by atoms with E-state index in [-0.39, 0.29) is 0 Å². The Balaban J connectivity index is 2.09. The number of aryl methyl sites for hydroxylation is 1. The Kier molecular flexibility index (Phi) is 5.48. The molecular formula is C15H21N3S. The van der Waals surface area contributed by atoms with Gasteiger partial charge in [0.15, 0.2) is 0 Å². The fourth-order valence-corrected chi connectivity index (χ4v) is 3.02. The molecule has 1 N–H and O–H groups in total. The van der Waals surface area contributed by atoms with Crippen molar-refractivity contribution >= 4 is 11.3 Å². The molecule has 19 heavy (non-hydrogen) atoms. The number of aromatic nitrogens is 2. The summed E-state index contributed by atoms with van der Waals surface area (Å²) in [5.74, 6) is 0. The van der Waals surface area contributed by atoms with Crippen LogP contribution in [-0.4, -0.2) is 16.5 Å². The number of unbranched alkanes of at least 4 members (excludes halogenated alkanes) is 1. The van der Waals surface area contributed by atoms with E-state index >= 15 is 0 Å². The average molecular weight is 275 g/mol. The zero-order valence-corrected chi connectivity index (χ0v) is 12.5. The zero-order valence-electron chi connectivity index (χ0n) is 11.6. The van der Waals surface area contributed by atoms with Gasteiger partial charge in [-0.3, -0.25) is 4.98 Å². The molecule has 0 aromatic carbocycles. The normalized spacial score (nSPS) is 10.8. The van der Waals surface area contributed by atoms with Gasteiger partial charge < -0.3 is 5.32 Å². The van der Waals surface area contributed by atoms with Crippen molar-refractivity contribution in [2.75, 3.05) is 6.54 Å². The summed E-state index contributed by atoms with van der Waals surface area (Å²) in [4.78, 5) is 10.3. The summed E-state index contributed by atoms with van der Waals surface area (Å²) < 4.78 is 0. The number of thiazole rings is 1. The lowest BCUT2D eigenvalue weighted by molar-refractivity contribution is 0.642. The molecule has 0 saturated carbocycles. The van der Waals surface area contributed by atoms with Crippen LogP contribution >= 0.6 is 11.3 Å². The Morgan fingerprint density at radius 3 is 2.89 bits per heavy atom. The van der Waals surface area contributed by atoms with Gasteiger partial charge in [-0.15, -0.1) is 11.3 Å². The molecule has 2 aromatic heterocycles. The molecule has 2 rings (SSSR count). The van der Waals surface area contributed by atoms with Gasteiger partial charge in [-0.25, -0.2) is 4.98 Å². The first-order valence-electron chi connectivity index (χ1n) is 6.94. The van der Waals surface area contributed by atoms with Crippen LogP contribution in [0, 0.1) is 0 Å². The fourth-order valence-electron chi connectivity index (χ4n) is 1.91. The number of rotatable bonds is 7. The van der Waals surface area contributed by atoms with Crippen molar-refractivity contribution in [3.63, 3.8) is 0 Å². The lowest BCUT2D eigenvalue weighted by atomic mass is 10.2. The predicted molar refractivity (Wildman–Crippen MR) is 81.3 cm³/mol. The van der Waals surface area contributed by atoms with Crippen molar-refractivity contribution in [3.8, 4) is 10.6 Å². The molecule has 0 aliphatic carbocycles. The van der Waals surface area contributed by atoms with Crippen LogP contribution in [0.5, 0.6) is 0 Å². The molecule has 4 heteroatoms. The molecule has 0 amide bonds. The van der Waals surface area contributed by atoms with Gasteiger partial charge in [-0.05, 0) is 31.5 Å². The van der Waals surface area contributed by atoms with Crippen LogP contribution in [-0.2, 0) is 13.0 Å². The molecule has 0 bridgehead atoms. The highest BCUT2D eigenvalue weighted by atomic mass is 32.1. The third-order valence-corrected chi connectivity index (χ3v) is 4.16. The molecule has 2 aromatic rings. The van der Waals surface area contributed by atoms with E-state index in [2.05, 4.69) is 30.2 Å². The van der Waals surface area contributed by atoms with E-state index < -0.39 is 0 Å². The Morgan fingerprint density at radius 2 is 2.21 bits per heavy atom. The lowest BCUT2D eigenvalue weighted by Crippen LogP contribution is -2.14. The van der Waals surface area contributed by atoms with Gasteiger partial charge in [0.2, 0.25) is 0 Å². The second-order valence-corrected chi connectivity index (χ2v) is 5.60. The molecular weight excluding hydrogens is 254 g/mol. The first-order valence-corrected chi connectivity index (χ1v) is 7.76. The first kappa shape index (κ1) is 14.2. The van der Waals surface area contributed by atoms with Gasteiger partial charge in [0.05, 0.1) is 5.69 Å². The van der Waals surface area contributed by atoms with Gasteiger partial charge in [0.25, 0.3) is 0 Å². The van der Waals surface area contributed by atoms with E-state index in [4.69, 9.17) is 4.98 Å². The molecule has 0 saturated heterocycles. The minimum absolute atomic E-state index is 0.932. The van der Waals surface area contributed by atoms with E-state index in [1.165, 1.54) is 23.4 Å². The number of hydrogen-bond acceptors (Lipinski definition) is 4. The topological polar surface area (TPSA) is 37.8 Å². The average Bonchev–Trinajstić information content (AvgIpc) is 2.88. The van der Waals surface area contributed by atoms with Crippen LogP contribution in [0.25, 0.3) is 10.6 Å². The summed E-state index contributed by atoms with van der Waals surface area (Å²) in [5.41, 5.74) is 2.33. The van der Waals surface area contributed by atoms with Crippen molar-refractivity contribution in [1.82, 2.24) is 15.3 Å². The largest absolute Gasteiger partial charge is 0.312 e. The molecule has 0 aliphatic rings. The third kappa shape index (κ3) is 3.85. The van der Waals surface area contributed by atoms with Crippen molar-refractivity contribution in [3.05, 3.63) is 35.1 Å². The summed E-state index contributed by atoms with van der Waals surface area (Å²) in [7, 11) is 0. The van der Waals surface area contributed by atoms with Gasteiger partial charge in [-0.2, -0.15) is 0 Å². The standard InChI is InChI=1S/C15H21N3S/c1-3-5-8-17-11-14-13(4-2)18-15(19-14)12-7-6-9-16-10-12/h6-7,9-10,17H,3-5,8,11H2,1-2H3. The summed E-state index contributed by atoms with van der Waals surface area (Å²) in [5, 5.41) is 4.58. The maximum absolute atomic E-state index is 4.74. The van der Waals surface area contributed by atoms with Crippen LogP contribution < -0.4 is 5.32 Å². The Hall–Kier alpha value is -1.26. The summed E-state index contributed by atoms with van der Waals surface area (Å²) in [6, 6.07) is 4.03. The van der Waals surface area contributed by atoms with Crippen molar-refractivity contribution < 1.29 is 0 Å². The van der Waals surface area contributed by atoms with E-state index in [9.17, 15) is 0 Å². The van der Waals surface area contributed by atoms with Crippen molar-refractivity contribution in [1.29, 1.82) is 0 Å². The lowest BCUT2D eigenvalue weighted by Gasteiger charge is -2.02. The molecule has 0 radical (unpaired) electrons. The maximum atomic E-state index is 4.74. The monoisotopic (exact) mass is 275 g/mol. The van der Waals surface area contributed by atoms with Gasteiger partial charge in [0, 0.05) is 29.4 Å². The number of pyridine rings is 1. The summed E-state index contributed by atoms with van der Waals surface area (Å²) in [6.07, 6.45) is 7.13. The molecule has 0 fully saturated rings. The second kappa shape index (κ2) is 7.36. The highest BCUT2D eigenvalue weighted by Crippen LogP contribution is 2.27. The van der Waals surface area contributed by atoms with Crippen LogP contribution in [0.4, 0.5) is 0 Å².